The van der Waals surface area contributed by atoms with Crippen molar-refractivity contribution < 1.29 is 4.79 Å². The predicted octanol–water partition coefficient (Wildman–Crippen LogP) is 1.17. The minimum atomic E-state index is -0.341. The first kappa shape index (κ1) is 9.97. The lowest BCUT2D eigenvalue weighted by atomic mass is 9.87. The molecule has 0 aromatic rings. The number of rotatable bonds is 3. The van der Waals surface area contributed by atoms with Crippen molar-refractivity contribution >= 4 is 5.91 Å². The molecule has 80 valence electrons. The van der Waals surface area contributed by atoms with Gasteiger partial charge in [0.2, 0.25) is 5.91 Å². The second kappa shape index (κ2) is 2.96. The highest BCUT2D eigenvalue weighted by Gasteiger charge is 2.51. The van der Waals surface area contributed by atoms with Gasteiger partial charge in [0, 0.05) is 6.04 Å². The summed E-state index contributed by atoms with van der Waals surface area (Å²) in [6, 6.07) is 0.470. The molecule has 1 amide bonds. The van der Waals surface area contributed by atoms with Gasteiger partial charge in [0.25, 0.3) is 0 Å². The van der Waals surface area contributed by atoms with Crippen molar-refractivity contribution in [3.05, 3.63) is 0 Å². The van der Waals surface area contributed by atoms with Crippen molar-refractivity contribution in [2.75, 3.05) is 0 Å². The highest BCUT2D eigenvalue weighted by Crippen LogP contribution is 2.43. The van der Waals surface area contributed by atoms with Crippen molar-refractivity contribution in [2.45, 2.75) is 57.5 Å². The Balaban J connectivity index is 2.01. The van der Waals surface area contributed by atoms with E-state index in [1.54, 1.807) is 0 Å². The van der Waals surface area contributed by atoms with Crippen molar-refractivity contribution in [1.29, 1.82) is 0 Å². The summed E-state index contributed by atoms with van der Waals surface area (Å²) in [4.78, 5) is 11.2. The lowest BCUT2D eigenvalue weighted by Crippen LogP contribution is -2.51. The van der Waals surface area contributed by atoms with E-state index in [0.717, 1.165) is 12.8 Å². The number of nitrogens with one attached hydrogen (secondary N) is 1. The largest absolute Gasteiger partial charge is 0.368 e. The molecular formula is C11H20N2O. The zero-order chi connectivity index (χ0) is 10.4. The van der Waals surface area contributed by atoms with Crippen molar-refractivity contribution in [3.63, 3.8) is 0 Å². The van der Waals surface area contributed by atoms with E-state index in [1.807, 2.05) is 0 Å². The second-order valence-electron chi connectivity index (χ2n) is 5.52. The summed E-state index contributed by atoms with van der Waals surface area (Å²) in [6.45, 7) is 4.55. The smallest absolute Gasteiger partial charge is 0.237 e. The lowest BCUT2D eigenvalue weighted by molar-refractivity contribution is -0.121. The molecule has 0 aromatic carbocycles. The molecule has 0 aliphatic heterocycles. The summed E-state index contributed by atoms with van der Waals surface area (Å²) < 4.78 is 0. The molecule has 0 spiro atoms. The maximum absolute atomic E-state index is 11.2. The molecule has 0 aromatic heterocycles. The average Bonchev–Trinajstić information content (AvgIpc) is 2.76. The second-order valence-corrected chi connectivity index (χ2v) is 5.52. The number of carbonyl (C=O) groups excluding carboxylic acids is 1. The van der Waals surface area contributed by atoms with E-state index in [4.69, 9.17) is 5.73 Å². The number of carbonyl (C=O) groups is 1. The quantitative estimate of drug-likeness (QED) is 0.712. The molecular weight excluding hydrogens is 176 g/mol. The highest BCUT2D eigenvalue weighted by molar-refractivity contribution is 5.87. The van der Waals surface area contributed by atoms with E-state index >= 15 is 0 Å². The third-order valence-corrected chi connectivity index (χ3v) is 3.93. The molecule has 0 saturated heterocycles. The van der Waals surface area contributed by atoms with Gasteiger partial charge in [-0.1, -0.05) is 20.3 Å². The molecule has 2 saturated carbocycles. The number of hydrogen-bond acceptors (Lipinski definition) is 2. The van der Waals surface area contributed by atoms with Gasteiger partial charge in [-0.15, -0.1) is 0 Å². The maximum Gasteiger partial charge on any atom is 0.237 e. The predicted molar refractivity (Wildman–Crippen MR) is 55.7 cm³/mol. The van der Waals surface area contributed by atoms with Gasteiger partial charge in [0.05, 0.1) is 5.54 Å². The third-order valence-electron chi connectivity index (χ3n) is 3.93. The summed E-state index contributed by atoms with van der Waals surface area (Å²) in [5.41, 5.74) is 5.38. The van der Waals surface area contributed by atoms with E-state index in [9.17, 15) is 4.79 Å². The summed E-state index contributed by atoms with van der Waals surface area (Å²) in [6.07, 6.45) is 5.55. The zero-order valence-electron chi connectivity index (χ0n) is 9.10. The van der Waals surface area contributed by atoms with Crippen LogP contribution >= 0.6 is 0 Å². The molecule has 2 rings (SSSR count). The van der Waals surface area contributed by atoms with Gasteiger partial charge in [-0.2, -0.15) is 0 Å². The van der Waals surface area contributed by atoms with Crippen LogP contribution in [-0.4, -0.2) is 17.5 Å². The first-order valence-electron chi connectivity index (χ1n) is 5.54. The summed E-state index contributed by atoms with van der Waals surface area (Å²) in [5, 5.41) is 3.48. The molecule has 3 N–H and O–H groups in total. The van der Waals surface area contributed by atoms with Crippen molar-refractivity contribution in [3.8, 4) is 0 Å². The van der Waals surface area contributed by atoms with Crippen molar-refractivity contribution in [2.24, 2.45) is 11.1 Å². The van der Waals surface area contributed by atoms with Gasteiger partial charge < -0.3 is 11.1 Å². The molecule has 0 bridgehead atoms. The molecule has 0 heterocycles. The summed E-state index contributed by atoms with van der Waals surface area (Å²) in [5.74, 6) is -0.166. The van der Waals surface area contributed by atoms with Gasteiger partial charge >= 0.3 is 0 Å². The fourth-order valence-corrected chi connectivity index (χ4v) is 2.51. The average molecular weight is 196 g/mol. The fraction of sp³-hybridized carbons (Fsp3) is 0.909. The molecule has 3 nitrogen and oxygen atoms in total. The Kier molecular flexibility index (Phi) is 2.11. The van der Waals surface area contributed by atoms with Crippen LogP contribution in [0.1, 0.15) is 46.0 Å². The standard InChI is InChI=1S/C11H20N2O/c1-10(2)5-3-4-8(10)13-11(6-7-11)9(12)14/h8,13H,3-7H2,1-2H3,(H2,12,14). The van der Waals surface area contributed by atoms with Crippen LogP contribution in [0.2, 0.25) is 0 Å². The van der Waals surface area contributed by atoms with Crippen LogP contribution in [-0.2, 0) is 4.79 Å². The molecule has 2 fully saturated rings. The Morgan fingerprint density at radius 2 is 2.00 bits per heavy atom. The minimum absolute atomic E-state index is 0.166. The Bertz CT molecular complexity index is 256. The topological polar surface area (TPSA) is 55.1 Å². The third kappa shape index (κ3) is 1.54. The van der Waals surface area contributed by atoms with Crippen LogP contribution in [0.5, 0.6) is 0 Å². The van der Waals surface area contributed by atoms with Gasteiger partial charge in [0.1, 0.15) is 0 Å². The van der Waals surface area contributed by atoms with Gasteiger partial charge in [-0.3, -0.25) is 4.79 Å². The van der Waals surface area contributed by atoms with E-state index < -0.39 is 0 Å². The molecule has 14 heavy (non-hydrogen) atoms. The number of primary amides is 1. The maximum atomic E-state index is 11.2. The van der Waals surface area contributed by atoms with Crippen LogP contribution < -0.4 is 11.1 Å². The van der Waals surface area contributed by atoms with E-state index in [2.05, 4.69) is 19.2 Å². The zero-order valence-corrected chi connectivity index (χ0v) is 9.10. The Hall–Kier alpha value is -0.570. The molecule has 3 heteroatoms. The monoisotopic (exact) mass is 196 g/mol. The highest BCUT2D eigenvalue weighted by atomic mass is 16.1. The van der Waals surface area contributed by atoms with E-state index in [1.165, 1.54) is 19.3 Å². The number of amides is 1. The SMILES string of the molecule is CC1(C)CCCC1NC1(C(N)=O)CC1. The molecule has 2 aliphatic carbocycles. The molecule has 1 atom stereocenters. The van der Waals surface area contributed by atoms with E-state index in [0.29, 0.717) is 11.5 Å². The summed E-state index contributed by atoms with van der Waals surface area (Å²) in [7, 11) is 0. The van der Waals surface area contributed by atoms with Crippen LogP contribution in [0.4, 0.5) is 0 Å². The Labute approximate surface area is 85.4 Å². The van der Waals surface area contributed by atoms with E-state index in [-0.39, 0.29) is 11.4 Å². The Morgan fingerprint density at radius 1 is 1.36 bits per heavy atom. The first-order valence-corrected chi connectivity index (χ1v) is 5.54. The Morgan fingerprint density at radius 3 is 2.36 bits per heavy atom. The van der Waals surface area contributed by atoms with Gasteiger partial charge in [-0.05, 0) is 31.1 Å². The van der Waals surface area contributed by atoms with Crippen LogP contribution in [0.3, 0.4) is 0 Å². The molecule has 2 aliphatic rings. The molecule has 1 unspecified atom stereocenters. The lowest BCUT2D eigenvalue weighted by Gasteiger charge is -2.31. The van der Waals surface area contributed by atoms with Gasteiger partial charge in [-0.25, -0.2) is 0 Å². The van der Waals surface area contributed by atoms with Crippen molar-refractivity contribution in [1.82, 2.24) is 5.32 Å². The number of hydrogen-bond donors (Lipinski definition) is 2. The first-order chi connectivity index (χ1) is 6.46. The normalized spacial score (nSPS) is 32.9. The summed E-state index contributed by atoms with van der Waals surface area (Å²) >= 11 is 0. The van der Waals surface area contributed by atoms with Crippen LogP contribution in [0.25, 0.3) is 0 Å². The van der Waals surface area contributed by atoms with Gasteiger partial charge in [0.15, 0.2) is 0 Å². The fourth-order valence-electron chi connectivity index (χ4n) is 2.51. The van der Waals surface area contributed by atoms with Crippen LogP contribution in [0, 0.1) is 5.41 Å². The van der Waals surface area contributed by atoms with Crippen LogP contribution in [0.15, 0.2) is 0 Å². The molecule has 0 radical (unpaired) electrons. The number of nitrogens with two attached hydrogens (primary N) is 1. The minimum Gasteiger partial charge on any atom is -0.368 e.